The smallest absolute Gasteiger partial charge is 0.252 e. The van der Waals surface area contributed by atoms with Crippen molar-refractivity contribution in [3.8, 4) is 0 Å². The molecule has 8 nitrogen and oxygen atoms in total. The monoisotopic (exact) mass is 460 g/mol. The maximum atomic E-state index is 12.9. The molecule has 3 aromatic rings. The van der Waals surface area contributed by atoms with E-state index in [1.807, 2.05) is 6.20 Å². The number of carbonyl (C=O) groups is 2. The average molecular weight is 461 g/mol. The Bertz CT molecular complexity index is 1280. The first kappa shape index (κ1) is 21.6. The number of hydrogen-bond acceptors (Lipinski definition) is 6. The summed E-state index contributed by atoms with van der Waals surface area (Å²) in [6.45, 7) is 5.05. The molecule has 8 heteroatoms. The summed E-state index contributed by atoms with van der Waals surface area (Å²) in [4.78, 5) is 32.1. The van der Waals surface area contributed by atoms with E-state index in [2.05, 4.69) is 50.1 Å². The van der Waals surface area contributed by atoms with E-state index in [1.165, 1.54) is 5.56 Å². The van der Waals surface area contributed by atoms with Gasteiger partial charge in [-0.1, -0.05) is 6.07 Å². The highest BCUT2D eigenvalue weighted by Gasteiger charge is 2.45. The second-order valence-electron chi connectivity index (χ2n) is 10.4. The second kappa shape index (κ2) is 8.06. The highest BCUT2D eigenvalue weighted by Crippen LogP contribution is 2.38. The molecule has 1 amide bonds. The van der Waals surface area contributed by atoms with Crippen LogP contribution in [-0.4, -0.2) is 72.6 Å². The van der Waals surface area contributed by atoms with Gasteiger partial charge in [-0.15, -0.1) is 0 Å². The van der Waals surface area contributed by atoms with Crippen LogP contribution in [0.15, 0.2) is 30.6 Å². The van der Waals surface area contributed by atoms with Crippen molar-refractivity contribution in [2.75, 3.05) is 51.3 Å². The van der Waals surface area contributed by atoms with Gasteiger partial charge in [0.2, 0.25) is 0 Å². The average Bonchev–Trinajstić information content (AvgIpc) is 3.44. The number of carbonyl (C=O) groups excluding carboxylic acids is 2. The number of pyridine rings is 1. The molecule has 5 heterocycles. The van der Waals surface area contributed by atoms with Gasteiger partial charge >= 0.3 is 0 Å². The van der Waals surface area contributed by atoms with Gasteiger partial charge in [-0.05, 0) is 69.6 Å². The van der Waals surface area contributed by atoms with E-state index in [4.69, 9.17) is 5.73 Å². The predicted octanol–water partition coefficient (Wildman–Crippen LogP) is 1.99. The van der Waals surface area contributed by atoms with Crippen LogP contribution in [0, 0.1) is 5.41 Å². The number of rotatable bonds is 3. The highest BCUT2D eigenvalue weighted by molar-refractivity contribution is 6.15. The molecule has 0 aliphatic carbocycles. The molecule has 1 unspecified atom stereocenters. The first-order chi connectivity index (χ1) is 16.5. The second-order valence-corrected chi connectivity index (χ2v) is 10.4. The molecule has 6 rings (SSSR count). The van der Waals surface area contributed by atoms with Crippen LogP contribution in [0.3, 0.4) is 0 Å². The molecule has 3 N–H and O–H groups in total. The zero-order chi connectivity index (χ0) is 23.4. The molecule has 3 fully saturated rings. The lowest BCUT2D eigenvalue weighted by atomic mass is 9.78. The third kappa shape index (κ3) is 3.31. The summed E-state index contributed by atoms with van der Waals surface area (Å²) in [5.41, 5.74) is 9.05. The van der Waals surface area contributed by atoms with Gasteiger partial charge in [-0.3, -0.25) is 19.2 Å². The lowest BCUT2D eigenvalue weighted by molar-refractivity contribution is -0.128. The number of piperidine rings is 2. The fourth-order valence-electron chi connectivity index (χ4n) is 6.32. The number of amides is 1. The molecule has 178 valence electrons. The molecular weight excluding hydrogens is 428 g/mol. The summed E-state index contributed by atoms with van der Waals surface area (Å²) in [5, 5.41) is 7.67. The third-order valence-corrected chi connectivity index (χ3v) is 8.32. The van der Waals surface area contributed by atoms with Gasteiger partial charge in [-0.25, -0.2) is 0 Å². The van der Waals surface area contributed by atoms with Gasteiger partial charge in [-0.2, -0.15) is 0 Å². The van der Waals surface area contributed by atoms with E-state index >= 15 is 0 Å². The minimum absolute atomic E-state index is 0.343. The highest BCUT2D eigenvalue weighted by atomic mass is 16.1. The van der Waals surface area contributed by atoms with Crippen LogP contribution in [0.1, 0.15) is 47.5 Å². The van der Waals surface area contributed by atoms with E-state index in [9.17, 15) is 9.59 Å². The topological polar surface area (TPSA) is 96.5 Å². The SMILES string of the molecule is CN1CCC(c2ccc3c(c2)c2cncc(C(N)=O)c2n3N2CCC(=O)C3(CCNC3)C2)CC1. The van der Waals surface area contributed by atoms with E-state index in [-0.39, 0.29) is 5.41 Å². The minimum atomic E-state index is -0.483. The van der Waals surface area contributed by atoms with Crippen molar-refractivity contribution < 1.29 is 9.59 Å². The maximum absolute atomic E-state index is 12.9. The summed E-state index contributed by atoms with van der Waals surface area (Å²) in [6.07, 6.45) is 7.07. The normalized spacial score (nSPS) is 24.6. The number of nitrogens with zero attached hydrogens (tertiary/aromatic N) is 4. The van der Waals surface area contributed by atoms with Crippen molar-refractivity contribution in [3.63, 3.8) is 0 Å². The zero-order valence-electron chi connectivity index (χ0n) is 19.7. The van der Waals surface area contributed by atoms with Crippen molar-refractivity contribution in [2.24, 2.45) is 11.1 Å². The Labute approximate surface area is 199 Å². The van der Waals surface area contributed by atoms with Crippen molar-refractivity contribution in [2.45, 2.75) is 31.6 Å². The lowest BCUT2D eigenvalue weighted by Crippen LogP contribution is -2.54. The number of ketones is 1. The van der Waals surface area contributed by atoms with Gasteiger partial charge in [0.05, 0.1) is 22.0 Å². The number of fused-ring (bicyclic) bond motifs is 3. The zero-order valence-corrected chi connectivity index (χ0v) is 19.7. The molecule has 34 heavy (non-hydrogen) atoms. The van der Waals surface area contributed by atoms with Crippen molar-refractivity contribution in [1.29, 1.82) is 0 Å². The quantitative estimate of drug-likeness (QED) is 0.621. The van der Waals surface area contributed by atoms with Crippen LogP contribution >= 0.6 is 0 Å². The Kier molecular flexibility index (Phi) is 5.11. The van der Waals surface area contributed by atoms with E-state index < -0.39 is 5.91 Å². The van der Waals surface area contributed by atoms with Crippen LogP contribution in [0.2, 0.25) is 0 Å². The molecule has 0 bridgehead atoms. The molecule has 0 radical (unpaired) electrons. The van der Waals surface area contributed by atoms with Crippen LogP contribution in [0.4, 0.5) is 0 Å². The standard InChI is InChI=1S/C26H32N6O2/c1-30-9-4-17(5-10-30)18-2-3-22-19(12-18)20-13-29-14-21(25(27)34)24(20)32(22)31-11-6-23(33)26(16-31)7-8-28-15-26/h2-3,12-14,17,28H,4-11,15-16H2,1H3,(H2,27,34). The van der Waals surface area contributed by atoms with Gasteiger partial charge in [0, 0.05) is 49.2 Å². The number of Topliss-reactive ketones (excluding diaryl/α,β-unsaturated/α-hetero) is 1. The van der Waals surface area contributed by atoms with Gasteiger partial charge in [0.15, 0.2) is 0 Å². The van der Waals surface area contributed by atoms with Crippen LogP contribution in [0.5, 0.6) is 0 Å². The van der Waals surface area contributed by atoms with E-state index in [1.54, 1.807) is 6.20 Å². The summed E-state index contributed by atoms with van der Waals surface area (Å²) >= 11 is 0. The molecule has 1 atom stereocenters. The first-order valence-electron chi connectivity index (χ1n) is 12.4. The molecule has 3 aliphatic heterocycles. The Morgan fingerprint density at radius 1 is 1.18 bits per heavy atom. The number of nitrogens with one attached hydrogen (secondary N) is 1. The number of nitrogens with two attached hydrogens (primary N) is 1. The van der Waals surface area contributed by atoms with Crippen molar-refractivity contribution in [3.05, 3.63) is 41.7 Å². The number of benzene rings is 1. The van der Waals surface area contributed by atoms with E-state index in [0.29, 0.717) is 43.3 Å². The molecule has 0 saturated carbocycles. The Morgan fingerprint density at radius 3 is 2.74 bits per heavy atom. The Hall–Kier alpha value is -2.97. The molecule has 3 aliphatic rings. The maximum Gasteiger partial charge on any atom is 0.252 e. The van der Waals surface area contributed by atoms with Crippen molar-refractivity contribution >= 4 is 33.5 Å². The van der Waals surface area contributed by atoms with Crippen LogP contribution in [-0.2, 0) is 4.79 Å². The van der Waals surface area contributed by atoms with Crippen LogP contribution < -0.4 is 16.1 Å². The first-order valence-corrected chi connectivity index (χ1v) is 12.4. The molecule has 1 aromatic carbocycles. The summed E-state index contributed by atoms with van der Waals surface area (Å²) in [6, 6.07) is 6.72. The van der Waals surface area contributed by atoms with Crippen LogP contribution in [0.25, 0.3) is 21.8 Å². The minimum Gasteiger partial charge on any atom is -0.365 e. The predicted molar refractivity (Wildman–Crippen MR) is 133 cm³/mol. The number of primary amides is 1. The molecule has 2 aromatic heterocycles. The fraction of sp³-hybridized carbons (Fsp3) is 0.500. The van der Waals surface area contributed by atoms with E-state index in [0.717, 1.165) is 60.7 Å². The Morgan fingerprint density at radius 2 is 2.00 bits per heavy atom. The third-order valence-electron chi connectivity index (χ3n) is 8.32. The largest absolute Gasteiger partial charge is 0.365 e. The van der Waals surface area contributed by atoms with Gasteiger partial charge in [0.1, 0.15) is 5.78 Å². The number of hydrogen-bond donors (Lipinski definition) is 2. The number of aromatic nitrogens is 2. The molecule has 1 spiro atoms. The fourth-order valence-corrected chi connectivity index (χ4v) is 6.32. The number of likely N-dealkylation sites (tertiary alicyclic amines) is 1. The lowest BCUT2D eigenvalue weighted by Gasteiger charge is -2.41. The molecular formula is C26H32N6O2. The summed E-state index contributed by atoms with van der Waals surface area (Å²) in [5.74, 6) is 0.394. The van der Waals surface area contributed by atoms with Gasteiger partial charge < -0.3 is 21.0 Å². The van der Waals surface area contributed by atoms with Crippen molar-refractivity contribution in [1.82, 2.24) is 19.9 Å². The summed E-state index contributed by atoms with van der Waals surface area (Å²) in [7, 11) is 2.18. The van der Waals surface area contributed by atoms with Gasteiger partial charge in [0.25, 0.3) is 5.91 Å². The summed E-state index contributed by atoms with van der Waals surface area (Å²) < 4.78 is 2.15. The Balaban J connectivity index is 1.52. The molecule has 3 saturated heterocycles.